The molecular formula is C59H76O6. The average molecular weight is 881 g/mol. The minimum Gasteiger partial charge on any atom is -0.508 e. The van der Waals surface area contributed by atoms with E-state index in [0.717, 1.165) is 44.5 Å². The predicted octanol–water partition coefficient (Wildman–Crippen LogP) is 15.4. The molecule has 0 saturated carbocycles. The number of rotatable bonds is 10. The molecule has 0 amide bonds. The SMILES string of the molecule is CC(C)c1cc(C(C)(C)c2ccc(O)c(C(C)C)c2)ccc1O.CC(C)c1cc(O)ccc1C(C)(C)c1ccc(O)cc1C(C)C.Cc1cc(C(C)(C)c2ccc(O)c(C)c2)ccc1O. The van der Waals surface area contributed by atoms with Gasteiger partial charge in [0.15, 0.2) is 0 Å². The summed E-state index contributed by atoms with van der Waals surface area (Å²) in [6.45, 7) is 33.8. The van der Waals surface area contributed by atoms with Crippen LogP contribution in [0.15, 0.2) is 109 Å². The summed E-state index contributed by atoms with van der Waals surface area (Å²) in [7, 11) is 0. The topological polar surface area (TPSA) is 121 Å². The van der Waals surface area contributed by atoms with Crippen LogP contribution in [0.3, 0.4) is 0 Å². The van der Waals surface area contributed by atoms with Gasteiger partial charge in [0.25, 0.3) is 0 Å². The molecule has 0 aliphatic heterocycles. The van der Waals surface area contributed by atoms with Crippen molar-refractivity contribution in [1.29, 1.82) is 0 Å². The lowest BCUT2D eigenvalue weighted by molar-refractivity contribution is 0.462. The molecule has 0 radical (unpaired) electrons. The Morgan fingerprint density at radius 2 is 0.585 bits per heavy atom. The van der Waals surface area contributed by atoms with Gasteiger partial charge in [-0.25, -0.2) is 0 Å². The molecule has 6 N–H and O–H groups in total. The van der Waals surface area contributed by atoms with Crippen molar-refractivity contribution in [2.24, 2.45) is 0 Å². The van der Waals surface area contributed by atoms with E-state index in [9.17, 15) is 30.6 Å². The molecule has 6 rings (SSSR count). The molecule has 348 valence electrons. The number of phenolic OH excluding ortho intramolecular Hbond substituents is 6. The summed E-state index contributed by atoms with van der Waals surface area (Å²) in [5.41, 5.74) is 12.5. The molecule has 0 fully saturated rings. The summed E-state index contributed by atoms with van der Waals surface area (Å²) in [5.74, 6) is 3.18. The predicted molar refractivity (Wildman–Crippen MR) is 271 cm³/mol. The summed E-state index contributed by atoms with van der Waals surface area (Å²) in [6, 6.07) is 34.5. The highest BCUT2D eigenvalue weighted by atomic mass is 16.3. The molecule has 0 aliphatic carbocycles. The van der Waals surface area contributed by atoms with Crippen LogP contribution >= 0.6 is 0 Å². The number of benzene rings is 6. The second-order valence-electron chi connectivity index (χ2n) is 20.6. The fourth-order valence-electron chi connectivity index (χ4n) is 8.57. The molecule has 0 aliphatic rings. The minimum atomic E-state index is -0.208. The van der Waals surface area contributed by atoms with Gasteiger partial charge in [0.2, 0.25) is 0 Å². The zero-order chi connectivity index (χ0) is 48.9. The number of hydrogen-bond acceptors (Lipinski definition) is 6. The number of aryl methyl sites for hydroxylation is 2. The summed E-state index contributed by atoms with van der Waals surface area (Å²) < 4.78 is 0. The molecule has 6 nitrogen and oxygen atoms in total. The number of hydrogen-bond donors (Lipinski definition) is 6. The summed E-state index contributed by atoms with van der Waals surface area (Å²) in [5, 5.41) is 59.1. The number of aromatic hydroxyl groups is 6. The summed E-state index contributed by atoms with van der Waals surface area (Å²) in [4.78, 5) is 0. The first-order valence-corrected chi connectivity index (χ1v) is 23.0. The standard InChI is InChI=1S/2C21H28O2.C17H20O2/c1-13(2)17-11-15(22)7-9-19(17)21(5,6)20-10-8-16(23)12-18(20)14(3)4;1-13(2)17-11-15(7-9-19(17)22)21(5,6)16-8-10-20(23)18(12-16)14(3)4;1-11-9-13(5-7-15(11)18)17(3,4)14-6-8-16(19)12(2)10-14/h2*7-14,22-23H,1-6H3;5-10,18-19H,1-4H3. The van der Waals surface area contributed by atoms with Crippen molar-refractivity contribution in [3.05, 3.63) is 176 Å². The third kappa shape index (κ3) is 11.9. The first-order chi connectivity index (χ1) is 30.1. The fraction of sp³-hybridized carbons (Fsp3) is 0.390. The van der Waals surface area contributed by atoms with Gasteiger partial charge >= 0.3 is 0 Å². The van der Waals surface area contributed by atoms with E-state index in [-0.39, 0.29) is 28.1 Å². The van der Waals surface area contributed by atoms with Gasteiger partial charge in [0.05, 0.1) is 0 Å². The molecule has 0 unspecified atom stereocenters. The third-order valence-corrected chi connectivity index (χ3v) is 13.2. The fourth-order valence-corrected chi connectivity index (χ4v) is 8.57. The van der Waals surface area contributed by atoms with Crippen molar-refractivity contribution >= 4 is 0 Å². The largest absolute Gasteiger partial charge is 0.508 e. The first-order valence-electron chi connectivity index (χ1n) is 23.0. The van der Waals surface area contributed by atoms with E-state index in [1.165, 1.54) is 22.3 Å². The van der Waals surface area contributed by atoms with Gasteiger partial charge in [-0.1, -0.05) is 158 Å². The molecular weight excluding hydrogens is 805 g/mol. The highest BCUT2D eigenvalue weighted by molar-refractivity contribution is 5.52. The Kier molecular flexibility index (Phi) is 16.3. The lowest BCUT2D eigenvalue weighted by Crippen LogP contribution is -2.23. The van der Waals surface area contributed by atoms with Crippen molar-refractivity contribution in [3.63, 3.8) is 0 Å². The van der Waals surface area contributed by atoms with Gasteiger partial charge in [-0.05, 0) is 153 Å². The normalized spacial score (nSPS) is 12.0. The molecule has 0 atom stereocenters. The van der Waals surface area contributed by atoms with E-state index in [1.807, 2.05) is 74.5 Å². The van der Waals surface area contributed by atoms with Crippen LogP contribution in [0.5, 0.6) is 34.5 Å². The molecule has 6 heteroatoms. The zero-order valence-corrected chi connectivity index (χ0v) is 41.9. The second kappa shape index (κ2) is 20.5. The van der Waals surface area contributed by atoms with Crippen LogP contribution in [0.2, 0.25) is 0 Å². The first kappa shape index (κ1) is 51.8. The van der Waals surface area contributed by atoms with Crippen molar-refractivity contribution in [2.45, 2.75) is 151 Å². The quantitative estimate of drug-likeness (QED) is 0.0815. The van der Waals surface area contributed by atoms with Gasteiger partial charge in [-0.15, -0.1) is 0 Å². The molecule has 0 bridgehead atoms. The van der Waals surface area contributed by atoms with Crippen molar-refractivity contribution in [1.82, 2.24) is 0 Å². The number of phenols is 6. The van der Waals surface area contributed by atoms with Crippen LogP contribution in [0.25, 0.3) is 0 Å². The van der Waals surface area contributed by atoms with Crippen LogP contribution in [0.1, 0.15) is 187 Å². The Morgan fingerprint density at radius 3 is 0.862 bits per heavy atom. The molecule has 65 heavy (non-hydrogen) atoms. The van der Waals surface area contributed by atoms with Crippen LogP contribution in [-0.2, 0) is 16.2 Å². The lowest BCUT2D eigenvalue weighted by Gasteiger charge is -2.32. The Hall–Kier alpha value is -5.88. The van der Waals surface area contributed by atoms with Crippen LogP contribution in [0, 0.1) is 13.8 Å². The van der Waals surface area contributed by atoms with Gasteiger partial charge in [0, 0.05) is 16.2 Å². The van der Waals surface area contributed by atoms with E-state index in [4.69, 9.17) is 0 Å². The third-order valence-electron chi connectivity index (χ3n) is 13.2. The Balaban J connectivity index is 0.000000215. The molecule has 0 aromatic heterocycles. The Morgan fingerprint density at radius 1 is 0.308 bits per heavy atom. The highest BCUT2D eigenvalue weighted by Crippen LogP contribution is 2.43. The van der Waals surface area contributed by atoms with E-state index >= 15 is 0 Å². The van der Waals surface area contributed by atoms with Crippen LogP contribution < -0.4 is 0 Å². The lowest BCUT2D eigenvalue weighted by atomic mass is 9.71. The van der Waals surface area contributed by atoms with Gasteiger partial charge < -0.3 is 30.6 Å². The molecule has 0 spiro atoms. The molecule has 6 aromatic rings. The summed E-state index contributed by atoms with van der Waals surface area (Å²) in [6.07, 6.45) is 0. The zero-order valence-electron chi connectivity index (χ0n) is 41.9. The van der Waals surface area contributed by atoms with E-state index in [0.29, 0.717) is 46.3 Å². The van der Waals surface area contributed by atoms with Gasteiger partial charge in [-0.2, -0.15) is 0 Å². The second-order valence-corrected chi connectivity index (χ2v) is 20.6. The van der Waals surface area contributed by atoms with E-state index in [1.54, 1.807) is 36.4 Å². The molecule has 0 heterocycles. The van der Waals surface area contributed by atoms with E-state index < -0.39 is 0 Å². The van der Waals surface area contributed by atoms with Crippen LogP contribution in [-0.4, -0.2) is 30.6 Å². The Bertz CT molecular complexity index is 2400. The maximum Gasteiger partial charge on any atom is 0.119 e. The average Bonchev–Trinajstić information content (AvgIpc) is 3.22. The smallest absolute Gasteiger partial charge is 0.119 e. The minimum absolute atomic E-state index is 0.170. The Labute approximate surface area is 390 Å². The maximum absolute atomic E-state index is 10.1. The van der Waals surface area contributed by atoms with Crippen molar-refractivity contribution in [3.8, 4) is 34.5 Å². The van der Waals surface area contributed by atoms with Crippen LogP contribution in [0.4, 0.5) is 0 Å². The monoisotopic (exact) mass is 881 g/mol. The summed E-state index contributed by atoms with van der Waals surface area (Å²) >= 11 is 0. The van der Waals surface area contributed by atoms with Crippen molar-refractivity contribution in [2.75, 3.05) is 0 Å². The van der Waals surface area contributed by atoms with Crippen molar-refractivity contribution < 1.29 is 30.6 Å². The van der Waals surface area contributed by atoms with Gasteiger partial charge in [-0.3, -0.25) is 0 Å². The van der Waals surface area contributed by atoms with Gasteiger partial charge in [0.1, 0.15) is 34.5 Å². The maximum atomic E-state index is 10.1. The highest BCUT2D eigenvalue weighted by Gasteiger charge is 2.31. The molecule has 6 aromatic carbocycles. The molecule has 0 saturated heterocycles. The van der Waals surface area contributed by atoms with E-state index in [2.05, 4.69) is 109 Å².